The van der Waals surface area contributed by atoms with E-state index in [2.05, 4.69) is 22.9 Å². The van der Waals surface area contributed by atoms with Crippen LogP contribution in [0.4, 0.5) is 0 Å². The first-order chi connectivity index (χ1) is 10.5. The quantitative estimate of drug-likeness (QED) is 0.771. The second-order valence-corrected chi connectivity index (χ2v) is 7.21. The van der Waals surface area contributed by atoms with Crippen LogP contribution in [0.25, 0.3) is 0 Å². The standard InChI is InChI=1S/C16H25N3O2S/c1-10(2)14(19-15(20)13-5-4-8-22-13)16(21)18-12-9-17-7-6-11(12)3/h4-5,8,10-12,14,17H,6-7,9H2,1-3H3,(H,18,21)(H,19,20). The van der Waals surface area contributed by atoms with Crippen molar-refractivity contribution in [2.45, 2.75) is 39.3 Å². The van der Waals surface area contributed by atoms with Gasteiger partial charge in [-0.3, -0.25) is 9.59 Å². The lowest BCUT2D eigenvalue weighted by atomic mass is 9.94. The minimum Gasteiger partial charge on any atom is -0.350 e. The number of amides is 2. The topological polar surface area (TPSA) is 70.2 Å². The molecule has 22 heavy (non-hydrogen) atoms. The van der Waals surface area contributed by atoms with Gasteiger partial charge in [-0.15, -0.1) is 11.3 Å². The van der Waals surface area contributed by atoms with Gasteiger partial charge in [-0.1, -0.05) is 26.8 Å². The zero-order valence-electron chi connectivity index (χ0n) is 13.4. The highest BCUT2D eigenvalue weighted by atomic mass is 32.1. The van der Waals surface area contributed by atoms with Crippen molar-refractivity contribution in [3.05, 3.63) is 22.4 Å². The molecule has 3 atom stereocenters. The van der Waals surface area contributed by atoms with Gasteiger partial charge in [0.05, 0.1) is 4.88 Å². The molecule has 2 heterocycles. The van der Waals surface area contributed by atoms with Crippen molar-refractivity contribution >= 4 is 23.2 Å². The van der Waals surface area contributed by atoms with Gasteiger partial charge in [0.25, 0.3) is 5.91 Å². The molecule has 1 aromatic rings. The summed E-state index contributed by atoms with van der Waals surface area (Å²) in [5.74, 6) is 0.209. The van der Waals surface area contributed by atoms with Crippen molar-refractivity contribution < 1.29 is 9.59 Å². The fraction of sp³-hybridized carbons (Fsp3) is 0.625. The van der Waals surface area contributed by atoms with Crippen molar-refractivity contribution in [1.82, 2.24) is 16.0 Å². The van der Waals surface area contributed by atoms with Crippen molar-refractivity contribution in [3.8, 4) is 0 Å². The first-order valence-electron chi connectivity index (χ1n) is 7.84. The van der Waals surface area contributed by atoms with E-state index in [4.69, 9.17) is 0 Å². The van der Waals surface area contributed by atoms with Crippen molar-refractivity contribution in [3.63, 3.8) is 0 Å². The van der Waals surface area contributed by atoms with Crippen LogP contribution < -0.4 is 16.0 Å². The molecule has 1 saturated heterocycles. The van der Waals surface area contributed by atoms with E-state index in [1.165, 1.54) is 11.3 Å². The molecule has 1 aromatic heterocycles. The number of hydrogen-bond donors (Lipinski definition) is 3. The smallest absolute Gasteiger partial charge is 0.262 e. The van der Waals surface area contributed by atoms with E-state index in [9.17, 15) is 9.59 Å². The first-order valence-corrected chi connectivity index (χ1v) is 8.72. The molecule has 3 N–H and O–H groups in total. The van der Waals surface area contributed by atoms with Crippen LogP contribution in [0.2, 0.25) is 0 Å². The van der Waals surface area contributed by atoms with Gasteiger partial charge >= 0.3 is 0 Å². The molecule has 0 radical (unpaired) electrons. The number of hydrogen-bond acceptors (Lipinski definition) is 4. The normalized spacial score (nSPS) is 23.1. The molecule has 5 nitrogen and oxygen atoms in total. The predicted molar refractivity (Wildman–Crippen MR) is 89.0 cm³/mol. The molecule has 3 unspecified atom stereocenters. The van der Waals surface area contributed by atoms with Gasteiger partial charge in [-0.05, 0) is 36.2 Å². The van der Waals surface area contributed by atoms with Gasteiger partial charge in [-0.2, -0.15) is 0 Å². The van der Waals surface area contributed by atoms with Crippen LogP contribution in [0.1, 0.15) is 36.9 Å². The Morgan fingerprint density at radius 3 is 2.77 bits per heavy atom. The summed E-state index contributed by atoms with van der Waals surface area (Å²) in [6, 6.07) is 3.21. The largest absolute Gasteiger partial charge is 0.350 e. The summed E-state index contributed by atoms with van der Waals surface area (Å²) in [7, 11) is 0. The Labute approximate surface area is 135 Å². The van der Waals surface area contributed by atoms with E-state index in [1.807, 2.05) is 25.3 Å². The summed E-state index contributed by atoms with van der Waals surface area (Å²) in [5, 5.41) is 11.1. The molecule has 1 aliphatic heterocycles. The van der Waals surface area contributed by atoms with Gasteiger partial charge in [-0.25, -0.2) is 0 Å². The number of thiophene rings is 1. The molecule has 122 valence electrons. The average molecular weight is 323 g/mol. The molecule has 1 aliphatic rings. The number of rotatable bonds is 5. The number of piperidine rings is 1. The molecule has 2 rings (SSSR count). The van der Waals surface area contributed by atoms with E-state index in [1.54, 1.807) is 6.07 Å². The zero-order chi connectivity index (χ0) is 16.1. The maximum atomic E-state index is 12.6. The summed E-state index contributed by atoms with van der Waals surface area (Å²) in [4.78, 5) is 25.4. The van der Waals surface area contributed by atoms with Crippen LogP contribution >= 0.6 is 11.3 Å². The molecular formula is C16H25N3O2S. The van der Waals surface area contributed by atoms with E-state index in [0.717, 1.165) is 19.5 Å². The average Bonchev–Trinajstić information content (AvgIpc) is 3.00. The molecular weight excluding hydrogens is 298 g/mol. The van der Waals surface area contributed by atoms with Crippen LogP contribution in [-0.4, -0.2) is 37.0 Å². The Balaban J connectivity index is 1.97. The molecule has 1 fully saturated rings. The Morgan fingerprint density at radius 1 is 1.41 bits per heavy atom. The maximum absolute atomic E-state index is 12.6. The first kappa shape index (κ1) is 17.0. The molecule has 0 saturated carbocycles. The van der Waals surface area contributed by atoms with Gasteiger partial charge in [0.15, 0.2) is 0 Å². The van der Waals surface area contributed by atoms with E-state index < -0.39 is 6.04 Å². The number of carbonyl (C=O) groups excluding carboxylic acids is 2. The van der Waals surface area contributed by atoms with Gasteiger partial charge in [0, 0.05) is 12.6 Å². The van der Waals surface area contributed by atoms with Gasteiger partial charge in [0.2, 0.25) is 5.91 Å². The van der Waals surface area contributed by atoms with Crippen LogP contribution in [0, 0.1) is 11.8 Å². The highest BCUT2D eigenvalue weighted by molar-refractivity contribution is 7.12. The lowest BCUT2D eigenvalue weighted by Crippen LogP contribution is -2.56. The number of carbonyl (C=O) groups is 2. The fourth-order valence-corrected chi connectivity index (χ4v) is 3.24. The lowest BCUT2D eigenvalue weighted by molar-refractivity contribution is -0.125. The number of nitrogens with one attached hydrogen (secondary N) is 3. The van der Waals surface area contributed by atoms with Crippen molar-refractivity contribution in [2.24, 2.45) is 11.8 Å². The van der Waals surface area contributed by atoms with E-state index >= 15 is 0 Å². The van der Waals surface area contributed by atoms with Gasteiger partial charge < -0.3 is 16.0 Å². The highest BCUT2D eigenvalue weighted by Crippen LogP contribution is 2.13. The van der Waals surface area contributed by atoms with Crippen LogP contribution in [0.5, 0.6) is 0 Å². The van der Waals surface area contributed by atoms with Crippen LogP contribution in [-0.2, 0) is 4.79 Å². The highest BCUT2D eigenvalue weighted by Gasteiger charge is 2.29. The Hall–Kier alpha value is -1.40. The molecule has 0 bridgehead atoms. The Kier molecular flexibility index (Phi) is 5.97. The van der Waals surface area contributed by atoms with Crippen molar-refractivity contribution in [1.29, 1.82) is 0 Å². The summed E-state index contributed by atoms with van der Waals surface area (Å²) in [5.41, 5.74) is 0. The second-order valence-electron chi connectivity index (χ2n) is 6.26. The minimum absolute atomic E-state index is 0.0377. The third-order valence-electron chi connectivity index (χ3n) is 4.14. The third-order valence-corrected chi connectivity index (χ3v) is 5.00. The Bertz CT molecular complexity index is 501. The predicted octanol–water partition coefficient (Wildman–Crippen LogP) is 1.62. The fourth-order valence-electron chi connectivity index (χ4n) is 2.61. The summed E-state index contributed by atoms with van der Waals surface area (Å²) < 4.78 is 0. The van der Waals surface area contributed by atoms with E-state index in [-0.39, 0.29) is 23.8 Å². The minimum atomic E-state index is -0.510. The van der Waals surface area contributed by atoms with Crippen LogP contribution in [0.3, 0.4) is 0 Å². The maximum Gasteiger partial charge on any atom is 0.262 e. The van der Waals surface area contributed by atoms with Crippen LogP contribution in [0.15, 0.2) is 17.5 Å². The van der Waals surface area contributed by atoms with Gasteiger partial charge in [0.1, 0.15) is 6.04 Å². The molecule has 2 amide bonds. The molecule has 0 aromatic carbocycles. The monoisotopic (exact) mass is 323 g/mol. The van der Waals surface area contributed by atoms with E-state index in [0.29, 0.717) is 10.8 Å². The second kappa shape index (κ2) is 7.74. The molecule has 6 heteroatoms. The SMILES string of the molecule is CC(C)C(NC(=O)c1cccs1)C(=O)NC1CNCCC1C. The molecule has 0 spiro atoms. The summed E-state index contributed by atoms with van der Waals surface area (Å²) >= 11 is 1.38. The zero-order valence-corrected chi connectivity index (χ0v) is 14.2. The Morgan fingerprint density at radius 2 is 2.18 bits per heavy atom. The lowest BCUT2D eigenvalue weighted by Gasteiger charge is -2.32. The van der Waals surface area contributed by atoms with Crippen molar-refractivity contribution in [2.75, 3.05) is 13.1 Å². The summed E-state index contributed by atoms with van der Waals surface area (Å²) in [6.45, 7) is 7.83. The third kappa shape index (κ3) is 4.30. The molecule has 0 aliphatic carbocycles. The summed E-state index contributed by atoms with van der Waals surface area (Å²) in [6.07, 6.45) is 1.05.